The normalized spacial score (nSPS) is 19.6. The van der Waals surface area contributed by atoms with E-state index in [9.17, 15) is 14.0 Å². The second-order valence-electron chi connectivity index (χ2n) is 8.55. The van der Waals surface area contributed by atoms with E-state index in [-0.39, 0.29) is 23.4 Å². The number of thioether (sulfide) groups is 1. The molecule has 34 heavy (non-hydrogen) atoms. The lowest BCUT2D eigenvalue weighted by Crippen LogP contribution is -2.47. The van der Waals surface area contributed by atoms with Crippen LogP contribution in [0.1, 0.15) is 18.9 Å². The van der Waals surface area contributed by atoms with Crippen LogP contribution in [0.2, 0.25) is 5.02 Å². The maximum absolute atomic E-state index is 13.5. The molecule has 4 rings (SSSR count). The summed E-state index contributed by atoms with van der Waals surface area (Å²) in [6.07, 6.45) is 0.849. The van der Waals surface area contributed by atoms with Crippen LogP contribution in [0.5, 0.6) is 0 Å². The molecule has 0 radical (unpaired) electrons. The van der Waals surface area contributed by atoms with Gasteiger partial charge in [0, 0.05) is 29.6 Å². The Morgan fingerprint density at radius 2 is 2.03 bits per heavy atom. The first-order valence-corrected chi connectivity index (χ1v) is 12.8. The highest BCUT2D eigenvalue weighted by Crippen LogP contribution is 2.42. The molecule has 2 atom stereocenters. The number of amides is 2. The monoisotopic (exact) mass is 505 g/mol. The zero-order valence-corrected chi connectivity index (χ0v) is 20.7. The van der Waals surface area contributed by atoms with E-state index in [1.54, 1.807) is 17.9 Å². The number of nitrogens with one attached hydrogen (secondary N) is 1. The first-order chi connectivity index (χ1) is 16.4. The third-order valence-electron chi connectivity index (χ3n) is 6.18. The minimum absolute atomic E-state index is 0.132. The summed E-state index contributed by atoms with van der Waals surface area (Å²) in [6, 6.07) is 11.8. The van der Waals surface area contributed by atoms with E-state index in [0.29, 0.717) is 12.1 Å². The Hall–Kier alpha value is -2.13. The highest BCUT2D eigenvalue weighted by Gasteiger charge is 2.39. The van der Waals surface area contributed by atoms with E-state index in [4.69, 9.17) is 16.3 Å². The van der Waals surface area contributed by atoms with E-state index >= 15 is 0 Å². The van der Waals surface area contributed by atoms with Crippen LogP contribution in [0.25, 0.3) is 0 Å². The van der Waals surface area contributed by atoms with Gasteiger partial charge in [-0.2, -0.15) is 0 Å². The molecule has 2 aliphatic rings. The van der Waals surface area contributed by atoms with Crippen molar-refractivity contribution in [1.29, 1.82) is 0 Å². The van der Waals surface area contributed by atoms with E-state index in [1.165, 1.54) is 23.9 Å². The van der Waals surface area contributed by atoms with Crippen LogP contribution in [-0.4, -0.2) is 61.4 Å². The summed E-state index contributed by atoms with van der Waals surface area (Å²) in [6.45, 7) is 6.84. The third kappa shape index (κ3) is 5.92. The third-order valence-corrected chi connectivity index (χ3v) is 8.00. The lowest BCUT2D eigenvalue weighted by atomic mass is 10.0. The van der Waals surface area contributed by atoms with Gasteiger partial charge in [-0.15, -0.1) is 11.8 Å². The minimum atomic E-state index is -0.562. The molecule has 2 aliphatic heterocycles. The molecule has 0 aliphatic carbocycles. The number of halogens is 2. The number of hydrogen-bond donors (Lipinski definition) is 1. The molecule has 0 aromatic heterocycles. The van der Waals surface area contributed by atoms with Crippen LogP contribution in [0.4, 0.5) is 10.1 Å². The van der Waals surface area contributed by atoms with Crippen LogP contribution >= 0.6 is 23.4 Å². The Morgan fingerprint density at radius 3 is 2.79 bits per heavy atom. The van der Waals surface area contributed by atoms with Crippen molar-refractivity contribution >= 4 is 40.9 Å². The first kappa shape index (κ1) is 25.0. The lowest BCUT2D eigenvalue weighted by molar-refractivity contribution is -0.128. The molecular weight excluding hydrogens is 477 g/mol. The van der Waals surface area contributed by atoms with Gasteiger partial charge in [-0.3, -0.25) is 14.5 Å². The second kappa shape index (κ2) is 11.5. The van der Waals surface area contributed by atoms with Gasteiger partial charge in [-0.1, -0.05) is 36.7 Å². The molecular formula is C25H29ClFN3O3S. The van der Waals surface area contributed by atoms with Crippen LogP contribution < -0.4 is 10.2 Å². The average Bonchev–Trinajstić information content (AvgIpc) is 2.84. The van der Waals surface area contributed by atoms with Gasteiger partial charge in [0.25, 0.3) is 0 Å². The SMILES string of the molecule is CC(C(=O)NCCCN1CCOCC1)C1Sc2ccccc2N(Cc2ccc(F)cc2Cl)C1=O. The summed E-state index contributed by atoms with van der Waals surface area (Å²) in [5, 5.41) is 2.71. The summed E-state index contributed by atoms with van der Waals surface area (Å²) < 4.78 is 18.9. The topological polar surface area (TPSA) is 61.9 Å². The molecule has 0 saturated carbocycles. The maximum Gasteiger partial charge on any atom is 0.241 e. The Balaban J connectivity index is 1.42. The summed E-state index contributed by atoms with van der Waals surface area (Å²) in [5.74, 6) is -1.22. The molecule has 1 N–H and O–H groups in total. The molecule has 0 spiro atoms. The Bertz CT molecular complexity index is 1030. The number of rotatable bonds is 8. The summed E-state index contributed by atoms with van der Waals surface area (Å²) >= 11 is 7.66. The van der Waals surface area contributed by atoms with Crippen LogP contribution in [0.15, 0.2) is 47.4 Å². The molecule has 1 saturated heterocycles. The highest BCUT2D eigenvalue weighted by atomic mass is 35.5. The quantitative estimate of drug-likeness (QED) is 0.550. The van der Waals surface area contributed by atoms with Gasteiger partial charge >= 0.3 is 0 Å². The Kier molecular flexibility index (Phi) is 8.47. The maximum atomic E-state index is 13.5. The number of para-hydroxylation sites is 1. The first-order valence-electron chi connectivity index (χ1n) is 11.5. The van der Waals surface area contributed by atoms with Crippen LogP contribution in [-0.2, 0) is 20.9 Å². The van der Waals surface area contributed by atoms with Gasteiger partial charge in [-0.05, 0) is 42.8 Å². The fourth-order valence-corrected chi connectivity index (χ4v) is 5.69. The average molecular weight is 506 g/mol. The fourth-order valence-electron chi connectivity index (χ4n) is 4.18. The van der Waals surface area contributed by atoms with Gasteiger partial charge in [0.2, 0.25) is 11.8 Å². The Morgan fingerprint density at radius 1 is 1.26 bits per heavy atom. The van der Waals surface area contributed by atoms with Gasteiger partial charge in [0.05, 0.1) is 31.4 Å². The van der Waals surface area contributed by atoms with E-state index < -0.39 is 17.0 Å². The smallest absolute Gasteiger partial charge is 0.241 e. The number of hydrogen-bond acceptors (Lipinski definition) is 5. The molecule has 6 nitrogen and oxygen atoms in total. The largest absolute Gasteiger partial charge is 0.379 e. The number of carbonyl (C=O) groups is 2. The van der Waals surface area contributed by atoms with E-state index in [2.05, 4.69) is 10.2 Å². The van der Waals surface area contributed by atoms with Gasteiger partial charge in [0.1, 0.15) is 11.1 Å². The molecule has 1 fully saturated rings. The van der Waals surface area contributed by atoms with E-state index in [0.717, 1.165) is 49.9 Å². The van der Waals surface area contributed by atoms with Crippen molar-refractivity contribution in [2.45, 2.75) is 30.0 Å². The molecule has 9 heteroatoms. The standard InChI is InChI=1S/C25H29ClFN3O3S/c1-17(24(31)28-9-4-10-29-11-13-33-14-12-29)23-25(32)30(21-5-2-3-6-22(21)34-23)16-18-7-8-19(27)15-20(18)26/h2-3,5-8,15,17,23H,4,9-14,16H2,1H3,(H,28,31). The summed E-state index contributed by atoms with van der Waals surface area (Å²) in [4.78, 5) is 31.4. The van der Waals surface area contributed by atoms with Crippen molar-refractivity contribution in [2.75, 3.05) is 44.3 Å². The zero-order valence-electron chi connectivity index (χ0n) is 19.1. The molecule has 2 aromatic rings. The Labute approximate surface area is 208 Å². The van der Waals surface area contributed by atoms with Crippen molar-refractivity contribution in [3.63, 3.8) is 0 Å². The second-order valence-corrected chi connectivity index (χ2v) is 10.1. The number of benzene rings is 2. The molecule has 0 bridgehead atoms. The van der Waals surface area contributed by atoms with Gasteiger partial charge in [-0.25, -0.2) is 4.39 Å². The number of nitrogens with zero attached hydrogens (tertiary/aromatic N) is 2. The van der Waals surface area contributed by atoms with Crippen molar-refractivity contribution in [3.8, 4) is 0 Å². The fraction of sp³-hybridized carbons (Fsp3) is 0.440. The van der Waals surface area contributed by atoms with Crippen molar-refractivity contribution < 1.29 is 18.7 Å². The molecule has 2 heterocycles. The van der Waals surface area contributed by atoms with Crippen molar-refractivity contribution in [3.05, 3.63) is 58.9 Å². The summed E-state index contributed by atoms with van der Waals surface area (Å²) in [5.41, 5.74) is 1.42. The predicted octanol–water partition coefficient (Wildman–Crippen LogP) is 3.96. The van der Waals surface area contributed by atoms with Gasteiger partial charge in [0.15, 0.2) is 0 Å². The number of fused-ring (bicyclic) bond motifs is 1. The predicted molar refractivity (Wildman–Crippen MR) is 133 cm³/mol. The van der Waals surface area contributed by atoms with Gasteiger partial charge < -0.3 is 15.0 Å². The zero-order chi connectivity index (χ0) is 24.1. The number of morpholine rings is 1. The highest BCUT2D eigenvalue weighted by molar-refractivity contribution is 8.01. The number of anilines is 1. The minimum Gasteiger partial charge on any atom is -0.379 e. The van der Waals surface area contributed by atoms with Crippen molar-refractivity contribution in [2.24, 2.45) is 5.92 Å². The number of ether oxygens (including phenoxy) is 1. The molecule has 2 unspecified atom stereocenters. The molecule has 2 amide bonds. The number of carbonyl (C=O) groups excluding carboxylic acids is 2. The van der Waals surface area contributed by atoms with Crippen LogP contribution in [0.3, 0.4) is 0 Å². The molecule has 2 aromatic carbocycles. The van der Waals surface area contributed by atoms with Crippen LogP contribution in [0, 0.1) is 11.7 Å². The molecule has 182 valence electrons. The van der Waals surface area contributed by atoms with Crippen molar-refractivity contribution in [1.82, 2.24) is 10.2 Å². The van der Waals surface area contributed by atoms with E-state index in [1.807, 2.05) is 24.3 Å². The summed E-state index contributed by atoms with van der Waals surface area (Å²) in [7, 11) is 0. The lowest BCUT2D eigenvalue weighted by Gasteiger charge is -2.36.